The first kappa shape index (κ1) is 18.1. The first-order chi connectivity index (χ1) is 12.6. The van der Waals surface area contributed by atoms with E-state index in [0.29, 0.717) is 12.1 Å². The maximum absolute atomic E-state index is 12.5. The Labute approximate surface area is 157 Å². The summed E-state index contributed by atoms with van der Waals surface area (Å²) in [6.07, 6.45) is 3.67. The zero-order valence-corrected chi connectivity index (χ0v) is 15.8. The van der Waals surface area contributed by atoms with Crippen LogP contribution in [0.1, 0.15) is 33.8 Å². The molecule has 0 saturated carbocycles. The molecule has 0 aliphatic carbocycles. The largest absolute Gasteiger partial charge is 0.388 e. The molecule has 0 aliphatic heterocycles. The highest BCUT2D eigenvalue weighted by atomic mass is 32.2. The summed E-state index contributed by atoms with van der Waals surface area (Å²) in [7, 11) is 3.75. The van der Waals surface area contributed by atoms with E-state index in [-0.39, 0.29) is 11.0 Å². The Hall–Kier alpha value is -2.67. The van der Waals surface area contributed by atoms with Gasteiger partial charge in [-0.2, -0.15) is 0 Å². The fourth-order valence-corrected chi connectivity index (χ4v) is 3.48. The Morgan fingerprint density at radius 1 is 1.31 bits per heavy atom. The predicted molar refractivity (Wildman–Crippen MR) is 104 cm³/mol. The highest BCUT2D eigenvalue weighted by Gasteiger charge is 2.14. The minimum Gasteiger partial charge on any atom is -0.388 e. The van der Waals surface area contributed by atoms with E-state index >= 15 is 0 Å². The standard InChI is InChI=1S/C19H21N5OS/c1-13(26-19-23-22-12-24(19)3)15-6-4-5-14(9-15)10-18(25)17-11-16(20-2)7-8-21-17/h4-9,11-13H,10H2,1-3H3,(H,20,21)/t13-/m0/s1. The summed E-state index contributed by atoms with van der Waals surface area (Å²) >= 11 is 1.64. The number of hydrogen-bond acceptors (Lipinski definition) is 6. The monoisotopic (exact) mass is 367 g/mol. The smallest absolute Gasteiger partial charge is 0.191 e. The van der Waals surface area contributed by atoms with E-state index in [1.54, 1.807) is 30.4 Å². The number of rotatable bonds is 7. The van der Waals surface area contributed by atoms with Crippen molar-refractivity contribution in [1.82, 2.24) is 19.7 Å². The van der Waals surface area contributed by atoms with E-state index in [2.05, 4.69) is 39.6 Å². The molecule has 0 fully saturated rings. The van der Waals surface area contributed by atoms with Gasteiger partial charge in [0.05, 0.1) is 0 Å². The number of anilines is 1. The summed E-state index contributed by atoms with van der Waals surface area (Å²) < 4.78 is 1.90. The Kier molecular flexibility index (Phi) is 5.68. The fraction of sp³-hybridized carbons (Fsp3) is 0.263. The van der Waals surface area contributed by atoms with E-state index < -0.39 is 0 Å². The van der Waals surface area contributed by atoms with Crippen LogP contribution >= 0.6 is 11.8 Å². The number of thioether (sulfide) groups is 1. The third kappa shape index (κ3) is 4.29. The van der Waals surface area contributed by atoms with Crippen molar-refractivity contribution in [3.63, 3.8) is 0 Å². The molecule has 0 aliphatic rings. The van der Waals surface area contributed by atoms with E-state index in [1.165, 1.54) is 0 Å². The first-order valence-electron chi connectivity index (χ1n) is 8.33. The molecule has 7 heteroatoms. The third-order valence-electron chi connectivity index (χ3n) is 4.07. The lowest BCUT2D eigenvalue weighted by molar-refractivity contribution is 0.0988. The number of carbonyl (C=O) groups is 1. The number of benzene rings is 1. The Balaban J connectivity index is 1.72. The highest BCUT2D eigenvalue weighted by Crippen LogP contribution is 2.33. The highest BCUT2D eigenvalue weighted by molar-refractivity contribution is 7.99. The normalized spacial score (nSPS) is 12.0. The van der Waals surface area contributed by atoms with Gasteiger partial charge in [0.25, 0.3) is 0 Å². The second-order valence-corrected chi connectivity index (χ2v) is 7.32. The van der Waals surface area contributed by atoms with E-state index in [1.807, 2.05) is 36.9 Å². The summed E-state index contributed by atoms with van der Waals surface area (Å²) in [5.74, 6) is 0.00728. The number of nitrogens with one attached hydrogen (secondary N) is 1. The van der Waals surface area contributed by atoms with Gasteiger partial charge >= 0.3 is 0 Å². The van der Waals surface area contributed by atoms with Gasteiger partial charge in [0.15, 0.2) is 10.9 Å². The van der Waals surface area contributed by atoms with Crippen LogP contribution < -0.4 is 5.32 Å². The summed E-state index contributed by atoms with van der Waals surface area (Å²) in [5.41, 5.74) is 3.49. The van der Waals surface area contributed by atoms with Gasteiger partial charge in [-0.15, -0.1) is 10.2 Å². The molecule has 3 rings (SSSR count). The van der Waals surface area contributed by atoms with Gasteiger partial charge in [0, 0.05) is 37.7 Å². The number of pyridine rings is 1. The van der Waals surface area contributed by atoms with Crippen LogP contribution in [0.5, 0.6) is 0 Å². The van der Waals surface area contributed by atoms with E-state index in [0.717, 1.165) is 22.0 Å². The molecule has 2 aromatic heterocycles. The molecular weight excluding hydrogens is 346 g/mol. The van der Waals surface area contributed by atoms with Crippen molar-refractivity contribution in [2.24, 2.45) is 7.05 Å². The quantitative estimate of drug-likeness (QED) is 0.509. The summed E-state index contributed by atoms with van der Waals surface area (Å²) in [5, 5.41) is 12.1. The number of ketones is 1. The lowest BCUT2D eigenvalue weighted by Crippen LogP contribution is -2.07. The number of nitrogens with zero attached hydrogens (tertiary/aromatic N) is 4. The van der Waals surface area contributed by atoms with Crippen LogP contribution in [0.4, 0.5) is 5.69 Å². The van der Waals surface area contributed by atoms with Crippen molar-refractivity contribution < 1.29 is 4.79 Å². The maximum atomic E-state index is 12.5. The minimum absolute atomic E-state index is 0.00728. The topological polar surface area (TPSA) is 72.7 Å². The first-order valence-corrected chi connectivity index (χ1v) is 9.21. The molecule has 26 heavy (non-hydrogen) atoms. The van der Waals surface area contributed by atoms with Crippen molar-refractivity contribution in [3.8, 4) is 0 Å². The summed E-state index contributed by atoms with van der Waals surface area (Å²) in [6, 6.07) is 11.7. The molecule has 1 N–H and O–H groups in total. The molecule has 3 aromatic rings. The van der Waals surface area contributed by atoms with Crippen LogP contribution in [0.25, 0.3) is 0 Å². The van der Waals surface area contributed by atoms with Crippen molar-refractivity contribution in [3.05, 3.63) is 65.7 Å². The third-order valence-corrected chi connectivity index (χ3v) is 5.28. The Morgan fingerprint density at radius 2 is 2.15 bits per heavy atom. The minimum atomic E-state index is 0.00728. The predicted octanol–water partition coefficient (Wildman–Crippen LogP) is 3.53. The molecule has 0 saturated heterocycles. The zero-order chi connectivity index (χ0) is 18.5. The van der Waals surface area contributed by atoms with Crippen LogP contribution in [0.15, 0.2) is 54.1 Å². The van der Waals surface area contributed by atoms with Gasteiger partial charge in [-0.1, -0.05) is 36.0 Å². The molecule has 2 heterocycles. The van der Waals surface area contributed by atoms with Gasteiger partial charge in [-0.05, 0) is 30.2 Å². The van der Waals surface area contributed by atoms with Gasteiger partial charge in [-0.25, -0.2) is 0 Å². The van der Waals surface area contributed by atoms with Gasteiger partial charge < -0.3 is 9.88 Å². The van der Waals surface area contributed by atoms with E-state index in [4.69, 9.17) is 0 Å². The average Bonchev–Trinajstić information content (AvgIpc) is 3.06. The van der Waals surface area contributed by atoms with Crippen molar-refractivity contribution in [2.45, 2.75) is 23.8 Å². The average molecular weight is 367 g/mol. The Morgan fingerprint density at radius 3 is 2.88 bits per heavy atom. The van der Waals surface area contributed by atoms with Crippen LogP contribution in [-0.4, -0.2) is 32.6 Å². The van der Waals surface area contributed by atoms with Gasteiger partial charge in [0.2, 0.25) is 0 Å². The summed E-state index contributed by atoms with van der Waals surface area (Å²) in [4.78, 5) is 16.7. The van der Waals surface area contributed by atoms with Crippen molar-refractivity contribution >= 4 is 23.2 Å². The number of aryl methyl sites for hydroxylation is 1. The second kappa shape index (κ2) is 8.14. The van der Waals surface area contributed by atoms with Crippen LogP contribution in [-0.2, 0) is 13.5 Å². The van der Waals surface area contributed by atoms with Crippen molar-refractivity contribution in [1.29, 1.82) is 0 Å². The maximum Gasteiger partial charge on any atom is 0.191 e. The van der Waals surface area contributed by atoms with Gasteiger partial charge in [-0.3, -0.25) is 9.78 Å². The van der Waals surface area contributed by atoms with Crippen molar-refractivity contribution in [2.75, 3.05) is 12.4 Å². The lowest BCUT2D eigenvalue weighted by Gasteiger charge is -2.12. The number of hydrogen-bond donors (Lipinski definition) is 1. The summed E-state index contributed by atoms with van der Waals surface area (Å²) in [6.45, 7) is 2.12. The number of Topliss-reactive ketones (excluding diaryl/α,β-unsaturated/α-hetero) is 1. The number of carbonyl (C=O) groups excluding carboxylic acids is 1. The van der Waals surface area contributed by atoms with Crippen LogP contribution in [0.3, 0.4) is 0 Å². The number of aromatic nitrogens is 4. The molecule has 0 spiro atoms. The lowest BCUT2D eigenvalue weighted by atomic mass is 10.0. The molecule has 6 nitrogen and oxygen atoms in total. The van der Waals surface area contributed by atoms with Crippen LogP contribution in [0, 0.1) is 0 Å². The van der Waals surface area contributed by atoms with Crippen LogP contribution in [0.2, 0.25) is 0 Å². The SMILES string of the molecule is CNc1ccnc(C(=O)Cc2cccc([C@H](C)Sc3nncn3C)c2)c1. The molecule has 1 atom stereocenters. The fourth-order valence-electron chi connectivity index (χ4n) is 2.58. The molecular formula is C19H21N5OS. The van der Waals surface area contributed by atoms with Gasteiger partial charge in [0.1, 0.15) is 12.0 Å². The second-order valence-electron chi connectivity index (χ2n) is 6.01. The Bertz CT molecular complexity index is 908. The molecule has 0 radical (unpaired) electrons. The molecule has 134 valence electrons. The molecule has 0 amide bonds. The molecule has 0 bridgehead atoms. The van der Waals surface area contributed by atoms with E-state index in [9.17, 15) is 4.79 Å². The molecule has 0 unspecified atom stereocenters. The zero-order valence-electron chi connectivity index (χ0n) is 15.0. The molecule has 1 aromatic carbocycles.